The Morgan fingerprint density at radius 2 is 1.43 bits per heavy atom. The van der Waals surface area contributed by atoms with E-state index in [0.29, 0.717) is 31.1 Å². The summed E-state index contributed by atoms with van der Waals surface area (Å²) in [5, 5.41) is 106. The third-order valence-corrected chi connectivity index (χ3v) is 16.6. The second kappa shape index (κ2) is 15.9. The van der Waals surface area contributed by atoms with E-state index in [-0.39, 0.29) is 28.1 Å². The van der Waals surface area contributed by atoms with E-state index in [9.17, 15) is 51.1 Å². The second-order valence-corrected chi connectivity index (χ2v) is 20.3. The first-order valence-electron chi connectivity index (χ1n) is 21.0. The molecule has 0 radical (unpaired) electrons. The van der Waals surface area contributed by atoms with E-state index >= 15 is 0 Å². The van der Waals surface area contributed by atoms with Crippen LogP contribution in [0.5, 0.6) is 0 Å². The Balaban J connectivity index is 1.16. The summed E-state index contributed by atoms with van der Waals surface area (Å²) in [4.78, 5) is 0. The maximum atomic E-state index is 12.4. The molecule has 6 aliphatic rings. The first-order chi connectivity index (χ1) is 25.9. The zero-order valence-corrected chi connectivity index (χ0v) is 34.6. The number of allylic oxidation sites excluding steroid dienone is 1. The molecule has 2 saturated heterocycles. The molecule has 0 bridgehead atoms. The van der Waals surface area contributed by atoms with Gasteiger partial charge in [0.1, 0.15) is 48.8 Å². The van der Waals surface area contributed by atoms with E-state index in [4.69, 9.17) is 18.9 Å². The first kappa shape index (κ1) is 44.7. The lowest BCUT2D eigenvalue weighted by Crippen LogP contribution is -2.65. The average molecular weight is 801 g/mol. The number of ether oxygens (including phenoxy) is 4. The summed E-state index contributed by atoms with van der Waals surface area (Å²) >= 11 is 0. The Hall–Kier alpha value is -0.820. The standard InChI is InChI=1S/C42H72O14/c1-20(9-13-27(44)39(4,5)52)21-15-16-40(6)26-12-10-22-23(42(26,8)28(45)17-41(21,40)7)11-14-29(38(22,2)3)55-37-35(51)33(49)34(50)36(56-37)53-19-25-31(47)32(48)30(46)24(18-43)54-25/h10,20-21,23-37,43-52H,9,11-19H2,1-8H3. The number of aliphatic hydroxyl groups excluding tert-OH is 9. The first-order valence-corrected chi connectivity index (χ1v) is 21.0. The maximum absolute atomic E-state index is 12.4. The van der Waals surface area contributed by atoms with Gasteiger partial charge in [-0.1, -0.05) is 53.2 Å². The van der Waals surface area contributed by atoms with Crippen molar-refractivity contribution in [1.82, 2.24) is 0 Å². The molecule has 0 amide bonds. The van der Waals surface area contributed by atoms with Crippen LogP contribution < -0.4 is 0 Å². The fourth-order valence-electron chi connectivity index (χ4n) is 12.6. The largest absolute Gasteiger partial charge is 0.394 e. The minimum absolute atomic E-state index is 0.0179. The number of aliphatic hydroxyl groups is 10. The molecule has 2 heterocycles. The molecule has 20 unspecified atom stereocenters. The quantitative estimate of drug-likeness (QED) is 0.132. The highest BCUT2D eigenvalue weighted by molar-refractivity contribution is 5.32. The Bertz CT molecular complexity index is 1400. The molecule has 0 aromatic carbocycles. The molecular formula is C42H72O14. The van der Waals surface area contributed by atoms with Gasteiger partial charge >= 0.3 is 0 Å². The number of hydrogen-bond donors (Lipinski definition) is 10. The summed E-state index contributed by atoms with van der Waals surface area (Å²) in [7, 11) is 0. The molecule has 6 rings (SSSR count). The fraction of sp³-hybridized carbons (Fsp3) is 0.952. The van der Waals surface area contributed by atoms with Crippen molar-refractivity contribution < 1.29 is 70.0 Å². The average Bonchev–Trinajstić information content (AvgIpc) is 3.40. The lowest BCUT2D eigenvalue weighted by molar-refractivity contribution is -0.367. The van der Waals surface area contributed by atoms with Gasteiger partial charge in [-0.2, -0.15) is 0 Å². The van der Waals surface area contributed by atoms with Crippen LogP contribution >= 0.6 is 0 Å². The minimum Gasteiger partial charge on any atom is -0.394 e. The van der Waals surface area contributed by atoms with Crippen LogP contribution in [0.15, 0.2) is 11.6 Å². The van der Waals surface area contributed by atoms with Gasteiger partial charge in [0, 0.05) is 10.8 Å². The van der Waals surface area contributed by atoms with Crippen molar-refractivity contribution in [2.24, 2.45) is 45.3 Å². The van der Waals surface area contributed by atoms with Gasteiger partial charge in [0.25, 0.3) is 0 Å². The SMILES string of the molecule is CC(CCC(O)C(C)(C)O)C1CCC2(C)C3CC=C4C(CCC(OC5OC(OCC6OC(CO)C(O)C(O)C6O)C(O)C(O)C5O)C4(C)C)C3(C)C(O)CC12C. The minimum atomic E-state index is -1.70. The van der Waals surface area contributed by atoms with Crippen LogP contribution in [-0.2, 0) is 18.9 Å². The smallest absolute Gasteiger partial charge is 0.189 e. The molecule has 14 nitrogen and oxygen atoms in total. The third-order valence-electron chi connectivity index (χ3n) is 16.6. The van der Waals surface area contributed by atoms with E-state index in [2.05, 4.69) is 47.6 Å². The van der Waals surface area contributed by atoms with E-state index in [1.54, 1.807) is 13.8 Å². The van der Waals surface area contributed by atoms with Crippen LogP contribution in [0.2, 0.25) is 0 Å². The second-order valence-electron chi connectivity index (χ2n) is 20.3. The molecular weight excluding hydrogens is 728 g/mol. The van der Waals surface area contributed by atoms with E-state index < -0.39 is 104 Å². The van der Waals surface area contributed by atoms with Gasteiger partial charge in [-0.15, -0.1) is 0 Å². The van der Waals surface area contributed by atoms with Crippen molar-refractivity contribution in [1.29, 1.82) is 0 Å². The number of hydrogen-bond acceptors (Lipinski definition) is 14. The van der Waals surface area contributed by atoms with Crippen molar-refractivity contribution >= 4 is 0 Å². The summed E-state index contributed by atoms with van der Waals surface area (Å²) in [6, 6.07) is 0. The number of rotatable bonds is 11. The van der Waals surface area contributed by atoms with E-state index in [1.807, 2.05) is 0 Å². The Labute approximate surface area is 331 Å². The highest BCUT2D eigenvalue weighted by Crippen LogP contribution is 2.75. The Morgan fingerprint density at radius 3 is 2.07 bits per heavy atom. The molecule has 20 atom stereocenters. The Morgan fingerprint density at radius 1 is 0.804 bits per heavy atom. The van der Waals surface area contributed by atoms with Crippen LogP contribution in [0.1, 0.15) is 107 Å². The molecule has 56 heavy (non-hydrogen) atoms. The summed E-state index contributed by atoms with van der Waals surface area (Å²) in [5.74, 6) is 1.04. The molecule has 14 heteroatoms. The predicted octanol–water partition coefficient (Wildman–Crippen LogP) is 1.12. The molecule has 5 fully saturated rings. The zero-order chi connectivity index (χ0) is 41.5. The lowest BCUT2D eigenvalue weighted by atomic mass is 9.38. The molecule has 4 aliphatic carbocycles. The summed E-state index contributed by atoms with van der Waals surface area (Å²) in [6.45, 7) is 15.8. The van der Waals surface area contributed by atoms with Gasteiger partial charge < -0.3 is 70.0 Å². The van der Waals surface area contributed by atoms with Gasteiger partial charge in [0.15, 0.2) is 12.6 Å². The third kappa shape index (κ3) is 7.26. The molecule has 0 aromatic heterocycles. The van der Waals surface area contributed by atoms with Crippen LogP contribution in [0.3, 0.4) is 0 Å². The molecule has 0 aromatic rings. The highest BCUT2D eigenvalue weighted by atomic mass is 16.8. The lowest BCUT2D eigenvalue weighted by Gasteiger charge is -2.67. The van der Waals surface area contributed by atoms with Crippen LogP contribution in [0, 0.1) is 45.3 Å². The van der Waals surface area contributed by atoms with E-state index in [1.165, 1.54) is 5.57 Å². The van der Waals surface area contributed by atoms with Gasteiger partial charge in [0.2, 0.25) is 0 Å². The molecule has 2 aliphatic heterocycles. The maximum Gasteiger partial charge on any atom is 0.189 e. The van der Waals surface area contributed by atoms with Crippen molar-refractivity contribution in [3.05, 3.63) is 11.6 Å². The van der Waals surface area contributed by atoms with Gasteiger partial charge in [-0.05, 0) is 99.7 Å². The molecule has 324 valence electrons. The molecule has 3 saturated carbocycles. The fourth-order valence-corrected chi connectivity index (χ4v) is 12.6. The van der Waals surface area contributed by atoms with Gasteiger partial charge in [0.05, 0.1) is 37.1 Å². The van der Waals surface area contributed by atoms with E-state index in [0.717, 1.165) is 32.1 Å². The van der Waals surface area contributed by atoms with Crippen molar-refractivity contribution in [3.8, 4) is 0 Å². The Kier molecular flexibility index (Phi) is 12.7. The topological polar surface area (TPSA) is 239 Å². The normalized spacial score (nSPS) is 50.3. The summed E-state index contributed by atoms with van der Waals surface area (Å²) < 4.78 is 23.6. The number of fused-ring (bicyclic) bond motifs is 5. The summed E-state index contributed by atoms with van der Waals surface area (Å²) in [5.41, 5.74) is -1.01. The van der Waals surface area contributed by atoms with Crippen molar-refractivity contribution in [2.45, 2.75) is 192 Å². The highest BCUT2D eigenvalue weighted by Gasteiger charge is 2.70. The van der Waals surface area contributed by atoms with Crippen LogP contribution in [0.25, 0.3) is 0 Å². The van der Waals surface area contributed by atoms with Gasteiger partial charge in [-0.25, -0.2) is 0 Å². The van der Waals surface area contributed by atoms with Crippen LogP contribution in [0.4, 0.5) is 0 Å². The summed E-state index contributed by atoms with van der Waals surface area (Å²) in [6.07, 6.45) is -8.11. The monoisotopic (exact) mass is 800 g/mol. The van der Waals surface area contributed by atoms with Crippen LogP contribution in [-0.4, -0.2) is 150 Å². The van der Waals surface area contributed by atoms with Crippen molar-refractivity contribution in [3.63, 3.8) is 0 Å². The van der Waals surface area contributed by atoms with Crippen molar-refractivity contribution in [2.75, 3.05) is 13.2 Å². The molecule has 10 N–H and O–H groups in total. The molecule has 0 spiro atoms. The zero-order valence-electron chi connectivity index (χ0n) is 34.6. The van der Waals surface area contributed by atoms with Gasteiger partial charge in [-0.3, -0.25) is 0 Å². The predicted molar refractivity (Wildman–Crippen MR) is 202 cm³/mol.